The van der Waals surface area contributed by atoms with E-state index in [1.54, 1.807) is 72.8 Å². The number of halogens is 3. The van der Waals surface area contributed by atoms with Crippen LogP contribution in [0.4, 0.5) is 19.0 Å². The van der Waals surface area contributed by atoms with Crippen molar-refractivity contribution in [2.24, 2.45) is 12.0 Å². The summed E-state index contributed by atoms with van der Waals surface area (Å²) in [7, 11) is 1.72. The number of fused-ring (bicyclic) bond motifs is 3. The van der Waals surface area contributed by atoms with Gasteiger partial charge in [0.15, 0.2) is 0 Å². The summed E-state index contributed by atoms with van der Waals surface area (Å²) in [4.78, 5) is 28.4. The normalized spacial score (nSPS) is 12.4. The smallest absolute Gasteiger partial charge is 0.311 e. The van der Waals surface area contributed by atoms with Crippen LogP contribution in [0.2, 0.25) is 0 Å². The van der Waals surface area contributed by atoms with E-state index in [0.717, 1.165) is 13.0 Å². The number of anilines is 1. The first kappa shape index (κ1) is 28.0. The van der Waals surface area contributed by atoms with E-state index in [1.807, 2.05) is 6.19 Å². The van der Waals surface area contributed by atoms with Gasteiger partial charge in [-0.05, 0) is 49.7 Å². The Balaban J connectivity index is 1.79. The fourth-order valence-electron chi connectivity index (χ4n) is 4.65. The molecule has 1 N–H and O–H groups in total. The Hall–Kier alpha value is -5.56. The van der Waals surface area contributed by atoms with Gasteiger partial charge in [-0.15, -0.1) is 4.99 Å². The Labute approximate surface area is 237 Å². The minimum absolute atomic E-state index is 0.171. The van der Waals surface area contributed by atoms with Crippen LogP contribution in [-0.4, -0.2) is 30.0 Å². The topological polar surface area (TPSA) is 138 Å². The summed E-state index contributed by atoms with van der Waals surface area (Å²) in [6.07, 6.45) is 1.50. The highest BCUT2D eigenvalue weighted by atomic mass is 19.4. The fourth-order valence-corrected chi connectivity index (χ4v) is 4.65. The third-order valence-corrected chi connectivity index (χ3v) is 6.80. The second-order valence-electron chi connectivity index (χ2n) is 10.1. The molecular weight excluding hydrogens is 547 g/mol. The number of nitriles is 2. The monoisotopic (exact) mass is 569 g/mol. The summed E-state index contributed by atoms with van der Waals surface area (Å²) in [6.45, 7) is 4.60. The number of alkyl halides is 3. The SMILES string of the molecule is CC(=O)Nc1ncc(-c2ccc3ncc4c(c3c2)n(-c2ccc(C(C)(C)C#N)nc2)/c(=N\C#N)n4C)cc1C(F)(F)F. The van der Waals surface area contributed by atoms with Crippen molar-refractivity contribution in [1.29, 1.82) is 10.5 Å². The number of aromatic nitrogens is 5. The van der Waals surface area contributed by atoms with Crippen LogP contribution in [0.5, 0.6) is 0 Å². The number of benzene rings is 1. The molecule has 0 saturated heterocycles. The zero-order chi connectivity index (χ0) is 30.4. The Bertz CT molecular complexity index is 2040. The molecule has 210 valence electrons. The van der Waals surface area contributed by atoms with Gasteiger partial charge < -0.3 is 9.88 Å². The number of nitrogens with one attached hydrogen (secondary N) is 1. The molecule has 42 heavy (non-hydrogen) atoms. The quantitative estimate of drug-likeness (QED) is 0.298. The third-order valence-electron chi connectivity index (χ3n) is 6.80. The number of carbonyl (C=O) groups excluding carboxylic acids is 1. The molecule has 0 aliphatic rings. The van der Waals surface area contributed by atoms with Crippen LogP contribution in [0, 0.1) is 22.8 Å². The number of hydrogen-bond donors (Lipinski definition) is 1. The molecule has 5 rings (SSSR count). The number of aryl methyl sites for hydroxylation is 1. The standard InChI is InChI=1S/C29H22F3N9O/c1-16(42)39-26-21(29(30,31)32)10-18(11-37-26)17-5-7-22-20(9-17)25-23(13-35-22)40(4)27(38-15-34)41(25)19-6-8-24(36-12-19)28(2,3)14-33/h5-13H,1-4H3,(H,37,39,42)/b38-27-. The van der Waals surface area contributed by atoms with Crippen molar-refractivity contribution in [1.82, 2.24) is 24.1 Å². The number of amides is 1. The minimum atomic E-state index is -4.76. The van der Waals surface area contributed by atoms with E-state index in [1.165, 1.54) is 6.20 Å². The predicted molar refractivity (Wildman–Crippen MR) is 148 cm³/mol. The van der Waals surface area contributed by atoms with Crippen LogP contribution < -0.4 is 10.9 Å². The van der Waals surface area contributed by atoms with E-state index < -0.39 is 28.9 Å². The first-order valence-electron chi connectivity index (χ1n) is 12.5. The van der Waals surface area contributed by atoms with Crippen molar-refractivity contribution in [3.8, 4) is 29.1 Å². The maximum absolute atomic E-state index is 13.9. The summed E-state index contributed by atoms with van der Waals surface area (Å²) >= 11 is 0. The molecule has 4 aromatic heterocycles. The molecule has 5 aromatic rings. The third kappa shape index (κ3) is 4.81. The Morgan fingerprint density at radius 2 is 1.76 bits per heavy atom. The molecule has 0 aliphatic heterocycles. The van der Waals surface area contributed by atoms with Gasteiger partial charge >= 0.3 is 6.18 Å². The summed E-state index contributed by atoms with van der Waals surface area (Å²) in [6, 6.07) is 11.6. The van der Waals surface area contributed by atoms with Gasteiger partial charge in [0.1, 0.15) is 5.82 Å². The lowest BCUT2D eigenvalue weighted by Gasteiger charge is -2.15. The van der Waals surface area contributed by atoms with Gasteiger partial charge in [-0.3, -0.25) is 19.3 Å². The lowest BCUT2D eigenvalue weighted by Crippen LogP contribution is -2.23. The summed E-state index contributed by atoms with van der Waals surface area (Å²) in [5, 5.41) is 21.7. The Kier molecular flexibility index (Phi) is 6.75. The number of nitrogens with zero attached hydrogens (tertiary/aromatic N) is 8. The van der Waals surface area contributed by atoms with Crippen LogP contribution in [0.25, 0.3) is 38.8 Å². The van der Waals surface area contributed by atoms with E-state index in [-0.39, 0.29) is 11.2 Å². The van der Waals surface area contributed by atoms with Gasteiger partial charge in [-0.2, -0.15) is 23.7 Å². The molecule has 1 amide bonds. The van der Waals surface area contributed by atoms with Crippen molar-refractivity contribution in [3.05, 3.63) is 71.9 Å². The van der Waals surface area contributed by atoms with E-state index in [9.17, 15) is 28.5 Å². The van der Waals surface area contributed by atoms with Crippen molar-refractivity contribution >= 4 is 33.7 Å². The minimum Gasteiger partial charge on any atom is -0.311 e. The maximum atomic E-state index is 13.9. The van der Waals surface area contributed by atoms with Crippen LogP contribution >= 0.6 is 0 Å². The average molecular weight is 570 g/mol. The van der Waals surface area contributed by atoms with Crippen LogP contribution in [0.3, 0.4) is 0 Å². The Morgan fingerprint density at radius 3 is 2.38 bits per heavy atom. The highest BCUT2D eigenvalue weighted by Gasteiger charge is 2.35. The molecule has 13 heteroatoms. The van der Waals surface area contributed by atoms with Crippen LogP contribution in [0.1, 0.15) is 32.0 Å². The lowest BCUT2D eigenvalue weighted by atomic mass is 9.91. The van der Waals surface area contributed by atoms with E-state index >= 15 is 0 Å². The molecule has 0 aliphatic carbocycles. The van der Waals surface area contributed by atoms with Gasteiger partial charge in [0.2, 0.25) is 17.7 Å². The largest absolute Gasteiger partial charge is 0.419 e. The maximum Gasteiger partial charge on any atom is 0.419 e. The summed E-state index contributed by atoms with van der Waals surface area (Å²) < 4.78 is 45.0. The lowest BCUT2D eigenvalue weighted by molar-refractivity contribution is -0.137. The van der Waals surface area contributed by atoms with E-state index in [2.05, 4.69) is 31.3 Å². The first-order chi connectivity index (χ1) is 19.9. The molecule has 0 atom stereocenters. The molecule has 1 aromatic carbocycles. The number of imidazole rings is 1. The zero-order valence-corrected chi connectivity index (χ0v) is 22.8. The van der Waals surface area contributed by atoms with E-state index in [4.69, 9.17) is 0 Å². The molecule has 0 fully saturated rings. The molecule has 0 spiro atoms. The van der Waals surface area contributed by atoms with Gasteiger partial charge in [0.25, 0.3) is 0 Å². The number of rotatable bonds is 4. The van der Waals surface area contributed by atoms with E-state index in [0.29, 0.717) is 38.9 Å². The molecule has 4 heterocycles. The second-order valence-corrected chi connectivity index (χ2v) is 10.1. The fraction of sp³-hybridized carbons (Fsp3) is 0.207. The number of hydrogen-bond acceptors (Lipinski definition) is 7. The molecule has 0 saturated carbocycles. The highest BCUT2D eigenvalue weighted by Crippen LogP contribution is 2.37. The predicted octanol–water partition coefficient (Wildman–Crippen LogP) is 5.13. The molecule has 0 unspecified atom stereocenters. The molecular formula is C29H22F3N9O. The Morgan fingerprint density at radius 1 is 1.00 bits per heavy atom. The van der Waals surface area contributed by atoms with Crippen LogP contribution in [-0.2, 0) is 23.4 Å². The highest BCUT2D eigenvalue weighted by molar-refractivity contribution is 6.04. The van der Waals surface area contributed by atoms with Gasteiger partial charge in [-0.25, -0.2) is 4.98 Å². The number of pyridine rings is 3. The zero-order valence-electron chi connectivity index (χ0n) is 22.8. The molecule has 10 nitrogen and oxygen atoms in total. The van der Waals surface area contributed by atoms with Crippen molar-refractivity contribution in [3.63, 3.8) is 0 Å². The van der Waals surface area contributed by atoms with Crippen molar-refractivity contribution in [2.45, 2.75) is 32.4 Å². The van der Waals surface area contributed by atoms with Gasteiger partial charge in [0.05, 0.1) is 57.4 Å². The summed E-state index contributed by atoms with van der Waals surface area (Å²) in [5.41, 5.74) is 1.78. The first-order valence-corrected chi connectivity index (χ1v) is 12.5. The summed E-state index contributed by atoms with van der Waals surface area (Å²) in [5.74, 6) is -1.26. The van der Waals surface area contributed by atoms with Gasteiger partial charge in [-0.1, -0.05) is 6.07 Å². The van der Waals surface area contributed by atoms with Crippen molar-refractivity contribution in [2.75, 3.05) is 5.32 Å². The van der Waals surface area contributed by atoms with Crippen molar-refractivity contribution < 1.29 is 18.0 Å². The van der Waals surface area contributed by atoms with Gasteiger partial charge in [0, 0.05) is 31.1 Å². The average Bonchev–Trinajstić information content (AvgIpc) is 3.24. The molecule has 0 radical (unpaired) electrons. The van der Waals surface area contributed by atoms with Crippen LogP contribution in [0.15, 0.2) is 60.0 Å². The number of carbonyl (C=O) groups is 1. The second kappa shape index (κ2) is 10.1. The molecule has 0 bridgehead atoms.